The molecule has 19 heavy (non-hydrogen) atoms. The van der Waals surface area contributed by atoms with Crippen molar-refractivity contribution in [3.63, 3.8) is 0 Å². The van der Waals surface area contributed by atoms with Gasteiger partial charge in [0.25, 0.3) is 0 Å². The van der Waals surface area contributed by atoms with E-state index in [1.165, 1.54) is 36.0 Å². The third-order valence-corrected chi connectivity index (χ3v) is 4.43. The van der Waals surface area contributed by atoms with Gasteiger partial charge in [0.1, 0.15) is 0 Å². The predicted octanol–water partition coefficient (Wildman–Crippen LogP) is 3.58. The van der Waals surface area contributed by atoms with Gasteiger partial charge >= 0.3 is 0 Å². The van der Waals surface area contributed by atoms with Crippen LogP contribution in [-0.4, -0.2) is 4.98 Å². The van der Waals surface area contributed by atoms with Gasteiger partial charge in [-0.2, -0.15) is 0 Å². The Morgan fingerprint density at radius 2 is 2.05 bits per heavy atom. The van der Waals surface area contributed by atoms with Crippen LogP contribution in [0.25, 0.3) is 0 Å². The molecule has 0 aliphatic heterocycles. The highest BCUT2D eigenvalue weighted by molar-refractivity contribution is 9.10. The molecule has 0 radical (unpaired) electrons. The maximum atomic E-state index is 6.28. The molecule has 2 aromatic rings. The van der Waals surface area contributed by atoms with Gasteiger partial charge in [0, 0.05) is 10.7 Å². The number of hydrogen-bond acceptors (Lipinski definition) is 2. The van der Waals surface area contributed by atoms with Crippen LogP contribution in [0.15, 0.2) is 41.0 Å². The number of nitrogens with two attached hydrogens (primary N) is 1. The summed E-state index contributed by atoms with van der Waals surface area (Å²) >= 11 is 3.52. The third-order valence-electron chi connectivity index (χ3n) is 3.76. The number of hydrogen-bond donors (Lipinski definition) is 1. The quantitative estimate of drug-likeness (QED) is 0.940. The van der Waals surface area contributed by atoms with Crippen LogP contribution < -0.4 is 5.73 Å². The van der Waals surface area contributed by atoms with Crippen LogP contribution >= 0.6 is 15.9 Å². The van der Waals surface area contributed by atoms with Crippen molar-refractivity contribution in [1.29, 1.82) is 0 Å². The van der Waals surface area contributed by atoms with Crippen LogP contribution in [0.4, 0.5) is 0 Å². The second-order valence-electron chi connectivity index (χ2n) is 5.14. The van der Waals surface area contributed by atoms with E-state index < -0.39 is 0 Å². The van der Waals surface area contributed by atoms with Crippen molar-refractivity contribution >= 4 is 15.9 Å². The first-order valence-corrected chi connectivity index (χ1v) is 7.50. The molecule has 1 aliphatic carbocycles. The summed E-state index contributed by atoms with van der Waals surface area (Å²) in [4.78, 5) is 4.37. The standard InChI is InChI=1S/C16H17BrN2/c17-14-5-2-8-19-16(14)15(18)10-11-6-7-12-3-1-4-13(12)9-11/h2,5-9,15H,1,3-4,10,18H2. The fraction of sp³-hybridized carbons (Fsp3) is 0.312. The van der Waals surface area contributed by atoms with Gasteiger partial charge in [0.2, 0.25) is 0 Å². The number of halogens is 1. The molecule has 1 aromatic heterocycles. The van der Waals surface area contributed by atoms with E-state index in [4.69, 9.17) is 5.73 Å². The van der Waals surface area contributed by atoms with E-state index >= 15 is 0 Å². The lowest BCUT2D eigenvalue weighted by Crippen LogP contribution is -2.15. The normalized spacial score (nSPS) is 15.3. The van der Waals surface area contributed by atoms with Gasteiger partial charge in [-0.1, -0.05) is 18.2 Å². The van der Waals surface area contributed by atoms with Gasteiger partial charge in [0.05, 0.1) is 11.7 Å². The van der Waals surface area contributed by atoms with Gasteiger partial charge in [-0.15, -0.1) is 0 Å². The number of fused-ring (bicyclic) bond motifs is 1. The minimum Gasteiger partial charge on any atom is -0.322 e. The molecule has 0 amide bonds. The fourth-order valence-corrected chi connectivity index (χ4v) is 3.32. The van der Waals surface area contributed by atoms with E-state index in [2.05, 4.69) is 39.1 Å². The summed E-state index contributed by atoms with van der Waals surface area (Å²) in [5.74, 6) is 0. The van der Waals surface area contributed by atoms with E-state index in [0.29, 0.717) is 0 Å². The van der Waals surface area contributed by atoms with Crippen molar-refractivity contribution in [3.05, 3.63) is 63.4 Å². The zero-order valence-electron chi connectivity index (χ0n) is 10.8. The molecule has 2 N–H and O–H groups in total. The van der Waals surface area contributed by atoms with E-state index in [1.54, 1.807) is 6.20 Å². The summed E-state index contributed by atoms with van der Waals surface area (Å²) < 4.78 is 0.990. The lowest BCUT2D eigenvalue weighted by molar-refractivity contribution is 0.692. The molecule has 0 fully saturated rings. The first-order chi connectivity index (χ1) is 9.24. The largest absolute Gasteiger partial charge is 0.322 e. The Labute approximate surface area is 122 Å². The highest BCUT2D eigenvalue weighted by Crippen LogP contribution is 2.26. The zero-order chi connectivity index (χ0) is 13.2. The van der Waals surface area contributed by atoms with Crippen LogP contribution in [0.5, 0.6) is 0 Å². The number of aromatic nitrogens is 1. The van der Waals surface area contributed by atoms with Crippen molar-refractivity contribution in [3.8, 4) is 0 Å². The maximum absolute atomic E-state index is 6.28. The van der Waals surface area contributed by atoms with Gasteiger partial charge in [-0.05, 0) is 70.4 Å². The van der Waals surface area contributed by atoms with Crippen LogP contribution in [0.3, 0.4) is 0 Å². The van der Waals surface area contributed by atoms with Gasteiger partial charge in [-0.25, -0.2) is 0 Å². The molecule has 1 aliphatic rings. The Morgan fingerprint density at radius 3 is 2.89 bits per heavy atom. The lowest BCUT2D eigenvalue weighted by atomic mass is 9.99. The van der Waals surface area contributed by atoms with E-state index in [9.17, 15) is 0 Å². The number of nitrogens with zero attached hydrogens (tertiary/aromatic N) is 1. The maximum Gasteiger partial charge on any atom is 0.0716 e. The molecule has 0 saturated heterocycles. The second kappa shape index (κ2) is 5.43. The summed E-state index contributed by atoms with van der Waals surface area (Å²) in [6, 6.07) is 10.6. The predicted molar refractivity (Wildman–Crippen MR) is 81.0 cm³/mol. The molecule has 98 valence electrons. The minimum absolute atomic E-state index is 0.0602. The van der Waals surface area contributed by atoms with Crippen molar-refractivity contribution < 1.29 is 0 Å². The zero-order valence-corrected chi connectivity index (χ0v) is 12.4. The number of aryl methyl sites for hydroxylation is 2. The molecule has 0 saturated carbocycles. The SMILES string of the molecule is NC(Cc1ccc2c(c1)CCC2)c1ncccc1Br. The van der Waals surface area contributed by atoms with Crippen molar-refractivity contribution in [2.24, 2.45) is 5.73 Å². The number of pyridine rings is 1. The number of benzene rings is 1. The Bertz CT molecular complexity index is 595. The molecule has 0 spiro atoms. The van der Waals surface area contributed by atoms with Crippen LogP contribution in [0, 0.1) is 0 Å². The van der Waals surface area contributed by atoms with Gasteiger partial charge in [0.15, 0.2) is 0 Å². The van der Waals surface area contributed by atoms with E-state index in [-0.39, 0.29) is 6.04 Å². The molecule has 3 heteroatoms. The second-order valence-corrected chi connectivity index (χ2v) is 5.99. The summed E-state index contributed by atoms with van der Waals surface area (Å²) in [6.45, 7) is 0. The molecule has 1 heterocycles. The van der Waals surface area contributed by atoms with Crippen LogP contribution in [-0.2, 0) is 19.3 Å². The average Bonchev–Trinajstić information content (AvgIpc) is 2.86. The summed E-state index contributed by atoms with van der Waals surface area (Å²) in [6.07, 6.45) is 6.36. The van der Waals surface area contributed by atoms with Crippen molar-refractivity contribution in [1.82, 2.24) is 4.98 Å². The van der Waals surface area contributed by atoms with Gasteiger partial charge in [-0.3, -0.25) is 4.98 Å². The first-order valence-electron chi connectivity index (χ1n) is 6.71. The van der Waals surface area contributed by atoms with Crippen molar-refractivity contribution in [2.75, 3.05) is 0 Å². The van der Waals surface area contributed by atoms with Crippen molar-refractivity contribution in [2.45, 2.75) is 31.7 Å². The average molecular weight is 317 g/mol. The molecule has 3 rings (SSSR count). The Morgan fingerprint density at radius 1 is 1.21 bits per heavy atom. The molecular formula is C16H17BrN2. The molecule has 1 unspecified atom stereocenters. The van der Waals surface area contributed by atoms with Crippen LogP contribution in [0.1, 0.15) is 34.8 Å². The van der Waals surface area contributed by atoms with E-state index in [0.717, 1.165) is 16.6 Å². The van der Waals surface area contributed by atoms with E-state index in [1.807, 2.05) is 12.1 Å². The highest BCUT2D eigenvalue weighted by atomic mass is 79.9. The van der Waals surface area contributed by atoms with Gasteiger partial charge < -0.3 is 5.73 Å². The highest BCUT2D eigenvalue weighted by Gasteiger charge is 2.15. The molecule has 0 bridgehead atoms. The summed E-state index contributed by atoms with van der Waals surface area (Å²) in [5.41, 5.74) is 11.5. The summed E-state index contributed by atoms with van der Waals surface area (Å²) in [5, 5.41) is 0. The molecule has 2 nitrogen and oxygen atoms in total. The smallest absolute Gasteiger partial charge is 0.0716 e. The third kappa shape index (κ3) is 2.72. The van der Waals surface area contributed by atoms with Crippen LogP contribution in [0.2, 0.25) is 0 Å². The fourth-order valence-electron chi connectivity index (χ4n) is 2.77. The lowest BCUT2D eigenvalue weighted by Gasteiger charge is -2.13. The first kappa shape index (κ1) is 12.8. The summed E-state index contributed by atoms with van der Waals surface area (Å²) in [7, 11) is 0. The minimum atomic E-state index is -0.0602. The Kier molecular flexibility index (Phi) is 3.67. The molecular weight excluding hydrogens is 300 g/mol. The molecule has 1 aromatic carbocycles. The Hall–Kier alpha value is -1.19. The topological polar surface area (TPSA) is 38.9 Å². The Balaban J connectivity index is 1.80. The molecule has 1 atom stereocenters. The monoisotopic (exact) mass is 316 g/mol. The number of rotatable bonds is 3.